The lowest BCUT2D eigenvalue weighted by Gasteiger charge is -1.87. The van der Waals surface area contributed by atoms with Gasteiger partial charge in [0.2, 0.25) is 0 Å². The Bertz CT molecular complexity index is 8.00. The Kier molecular flexibility index (Phi) is 1.09. The molecule has 0 aliphatic heterocycles. The maximum Gasteiger partial charge on any atom is 0.154 e. The molecule has 0 atom stereocenters. The van der Waals surface area contributed by atoms with E-state index in [1.807, 2.05) is 0 Å². The smallest absolute Gasteiger partial charge is 0.154 e. The van der Waals surface area contributed by atoms with Crippen LogP contribution in [0.25, 0.3) is 0 Å². The largest absolute Gasteiger partial charge is 0.385 e. The van der Waals surface area contributed by atoms with Crippen LogP contribution < -0.4 is 0 Å². The second kappa shape index (κ2) is 1.15. The van der Waals surface area contributed by atoms with Gasteiger partial charge < -0.3 is 13.2 Å². The maximum absolute atomic E-state index is 9.58. The van der Waals surface area contributed by atoms with Gasteiger partial charge in [0.1, 0.15) is 0 Å². The molecule has 0 N–H and O–H groups in total. The molecule has 0 nitrogen and oxygen atoms in total. The summed E-state index contributed by atoms with van der Waals surface area (Å²) in [5.74, 6) is 0. The van der Waals surface area contributed by atoms with E-state index in [-0.39, 0.29) is 0 Å². The first-order valence-corrected chi connectivity index (χ1v) is 0.567. The first kappa shape index (κ1) is 3.79. The molecular formula is CF3-. The van der Waals surface area contributed by atoms with Gasteiger partial charge in [-0.05, 0) is 0 Å². The van der Waals surface area contributed by atoms with Gasteiger partial charge in [0.15, 0.2) is 6.68 Å². The molecule has 26 valence electrons. The van der Waals surface area contributed by atoms with Crippen molar-refractivity contribution in [3.05, 3.63) is 6.68 Å². The van der Waals surface area contributed by atoms with Gasteiger partial charge in [-0.3, -0.25) is 0 Å². The summed E-state index contributed by atoms with van der Waals surface area (Å²) in [6, 6.07) is 0. The van der Waals surface area contributed by atoms with E-state index in [1.165, 1.54) is 0 Å². The predicted octanol–water partition coefficient (Wildman–Crippen LogP) is 1.34. The van der Waals surface area contributed by atoms with Gasteiger partial charge in [-0.15, -0.1) is 0 Å². The van der Waals surface area contributed by atoms with Crippen LogP contribution in [-0.4, -0.2) is 0 Å². The number of rotatable bonds is 0. The zero-order valence-electron chi connectivity index (χ0n) is 1.63. The predicted molar refractivity (Wildman–Crippen MR) is 6.57 cm³/mol. The maximum atomic E-state index is 9.58. The second-order valence-electron chi connectivity index (χ2n) is 0.214. The molecule has 0 saturated heterocycles. The summed E-state index contributed by atoms with van der Waals surface area (Å²) < 4.78 is 28.8. The van der Waals surface area contributed by atoms with Crippen LogP contribution in [0.3, 0.4) is 0 Å². The summed E-state index contributed by atoms with van der Waals surface area (Å²) in [5, 5.41) is 0. The molecule has 0 unspecified atom stereocenters. The molecule has 0 heterocycles. The Balaban J connectivity index is 2.32. The quantitative estimate of drug-likeness (QED) is 0.376. The second-order valence-corrected chi connectivity index (χ2v) is 0.214. The molecule has 4 heavy (non-hydrogen) atoms. The monoisotopic (exact) mass is 69.0 g/mol. The lowest BCUT2D eigenvalue weighted by Crippen LogP contribution is -1.49. The molecule has 0 aliphatic rings. The molecule has 0 aromatic carbocycles. The van der Waals surface area contributed by atoms with E-state index in [2.05, 4.69) is 0 Å². The Morgan fingerprint density at radius 2 is 1.00 bits per heavy atom. The van der Waals surface area contributed by atoms with Crippen LogP contribution in [0, 0.1) is 6.68 Å². The Morgan fingerprint density at radius 1 is 1.00 bits per heavy atom. The normalized spacial score (nSPS) is 9.00. The van der Waals surface area contributed by atoms with Crippen LogP contribution >= 0.6 is 0 Å². The van der Waals surface area contributed by atoms with Crippen LogP contribution in [0.15, 0.2) is 0 Å². The minimum atomic E-state index is -3.08. The van der Waals surface area contributed by atoms with Crippen molar-refractivity contribution in [1.82, 2.24) is 0 Å². The SMILES string of the molecule is F[C-](F)F. The first-order valence-electron chi connectivity index (χ1n) is 0.567. The third-order valence-electron chi connectivity index (χ3n) is 0. The summed E-state index contributed by atoms with van der Waals surface area (Å²) in [7, 11) is 0. The van der Waals surface area contributed by atoms with E-state index >= 15 is 0 Å². The van der Waals surface area contributed by atoms with E-state index < -0.39 is 6.68 Å². The Labute approximate surface area is 21.2 Å². The highest BCUT2D eigenvalue weighted by Crippen LogP contribution is 1.99. The van der Waals surface area contributed by atoms with E-state index in [1.54, 1.807) is 0 Å². The highest BCUT2D eigenvalue weighted by atomic mass is 19.4. The van der Waals surface area contributed by atoms with Gasteiger partial charge in [-0.25, -0.2) is 0 Å². The fourth-order valence-corrected chi connectivity index (χ4v) is 0. The van der Waals surface area contributed by atoms with Crippen molar-refractivity contribution in [2.24, 2.45) is 0 Å². The van der Waals surface area contributed by atoms with Crippen molar-refractivity contribution >= 4 is 0 Å². The van der Waals surface area contributed by atoms with E-state index in [9.17, 15) is 13.2 Å². The van der Waals surface area contributed by atoms with Gasteiger partial charge in [0.05, 0.1) is 0 Å². The van der Waals surface area contributed by atoms with Gasteiger partial charge in [0, 0.05) is 0 Å². The zero-order valence-corrected chi connectivity index (χ0v) is 1.63. The molecule has 3 heteroatoms. The van der Waals surface area contributed by atoms with Crippen LogP contribution in [-0.2, 0) is 0 Å². The van der Waals surface area contributed by atoms with Gasteiger partial charge in [0.25, 0.3) is 0 Å². The van der Waals surface area contributed by atoms with Gasteiger partial charge >= 0.3 is 0 Å². The minimum Gasteiger partial charge on any atom is -0.385 e. The lowest BCUT2D eigenvalue weighted by atomic mass is 11.6. The molecule has 0 saturated carbocycles. The lowest BCUT2D eigenvalue weighted by molar-refractivity contribution is 0.142. The minimum absolute atomic E-state index is 3.08. The molecule has 0 aromatic rings. The van der Waals surface area contributed by atoms with Crippen LogP contribution in [0.2, 0.25) is 0 Å². The fourth-order valence-electron chi connectivity index (χ4n) is 0. The number of hydrogen-bond donors (Lipinski definition) is 0. The molecule has 0 spiro atoms. The Hall–Kier alpha value is -0.210. The summed E-state index contributed by atoms with van der Waals surface area (Å²) in [6.07, 6.45) is 0. The van der Waals surface area contributed by atoms with Crippen LogP contribution in [0.4, 0.5) is 13.2 Å². The average molecular weight is 69.0 g/mol. The van der Waals surface area contributed by atoms with Gasteiger partial charge in [-0.1, -0.05) is 0 Å². The summed E-state index contributed by atoms with van der Waals surface area (Å²) in [5.41, 5.74) is 0. The molecule has 0 radical (unpaired) electrons. The van der Waals surface area contributed by atoms with Crippen molar-refractivity contribution in [3.8, 4) is 0 Å². The first-order chi connectivity index (χ1) is 1.73. The topological polar surface area (TPSA) is 0 Å². The summed E-state index contributed by atoms with van der Waals surface area (Å²) in [6.45, 7) is -3.08. The molecule has 0 amide bonds. The van der Waals surface area contributed by atoms with E-state index in [0.717, 1.165) is 0 Å². The third-order valence-corrected chi connectivity index (χ3v) is 0. The van der Waals surface area contributed by atoms with Crippen LogP contribution in [0.1, 0.15) is 0 Å². The van der Waals surface area contributed by atoms with Gasteiger partial charge in [-0.2, -0.15) is 0 Å². The molecular weight excluding hydrogens is 69.0 g/mol. The van der Waals surface area contributed by atoms with Crippen molar-refractivity contribution in [2.75, 3.05) is 0 Å². The molecule has 0 aliphatic carbocycles. The molecule has 0 aromatic heterocycles. The molecule has 0 rings (SSSR count). The third kappa shape index (κ3) is 25.3. The van der Waals surface area contributed by atoms with Crippen molar-refractivity contribution in [3.63, 3.8) is 0 Å². The summed E-state index contributed by atoms with van der Waals surface area (Å²) in [4.78, 5) is 0. The molecule has 0 fully saturated rings. The van der Waals surface area contributed by atoms with Crippen molar-refractivity contribution in [2.45, 2.75) is 0 Å². The zero-order chi connectivity index (χ0) is 3.58. The van der Waals surface area contributed by atoms with Crippen LogP contribution in [0.5, 0.6) is 0 Å². The summed E-state index contributed by atoms with van der Waals surface area (Å²) >= 11 is 0. The molecule has 0 bridgehead atoms. The van der Waals surface area contributed by atoms with E-state index in [0.29, 0.717) is 0 Å². The number of halogens is 3. The Morgan fingerprint density at radius 3 is 1.00 bits per heavy atom. The number of hydrogen-bond acceptors (Lipinski definition) is 0. The highest BCUT2D eigenvalue weighted by Gasteiger charge is 1.64. The van der Waals surface area contributed by atoms with Crippen molar-refractivity contribution < 1.29 is 13.2 Å². The average Bonchev–Trinajstić information content (AvgIpc) is 0.811. The standard InChI is InChI=1S/CF3/c2-1(3)4/q-1. The van der Waals surface area contributed by atoms with E-state index in [4.69, 9.17) is 0 Å². The fraction of sp³-hybridized carbons (Fsp3) is 0. The highest BCUT2D eigenvalue weighted by molar-refractivity contribution is 4.21. The van der Waals surface area contributed by atoms with Crippen molar-refractivity contribution in [1.29, 1.82) is 0 Å².